The van der Waals surface area contributed by atoms with Crippen molar-refractivity contribution in [2.24, 2.45) is 17.8 Å². The highest BCUT2D eigenvalue weighted by Crippen LogP contribution is 2.58. The summed E-state index contributed by atoms with van der Waals surface area (Å²) < 4.78 is 2.28. The minimum absolute atomic E-state index is 0.306. The van der Waals surface area contributed by atoms with E-state index in [0.29, 0.717) is 11.6 Å². The van der Waals surface area contributed by atoms with Crippen LogP contribution in [0.15, 0.2) is 12.3 Å². The van der Waals surface area contributed by atoms with Crippen LogP contribution in [0, 0.1) is 17.8 Å². The van der Waals surface area contributed by atoms with Crippen molar-refractivity contribution in [3.05, 3.63) is 12.3 Å². The van der Waals surface area contributed by atoms with Gasteiger partial charge in [-0.05, 0) is 81.3 Å². The summed E-state index contributed by atoms with van der Waals surface area (Å²) in [5.74, 6) is 3.74. The van der Waals surface area contributed by atoms with Gasteiger partial charge in [-0.2, -0.15) is 5.10 Å². The van der Waals surface area contributed by atoms with Crippen molar-refractivity contribution in [3.63, 3.8) is 0 Å². The third-order valence-corrected chi connectivity index (χ3v) is 6.46. The Balaban J connectivity index is 1.34. The van der Waals surface area contributed by atoms with Gasteiger partial charge in [-0.3, -0.25) is 4.68 Å². The second kappa shape index (κ2) is 4.70. The molecule has 0 radical (unpaired) electrons. The zero-order valence-corrected chi connectivity index (χ0v) is 13.7. The van der Waals surface area contributed by atoms with Crippen LogP contribution in [0.25, 0.3) is 0 Å². The Hall–Kier alpha value is -1.10. The van der Waals surface area contributed by atoms with Crippen molar-refractivity contribution < 1.29 is 0 Å². The van der Waals surface area contributed by atoms with Crippen LogP contribution in [0.2, 0.25) is 0 Å². The number of nitrogens with one attached hydrogen (secondary N) is 2. The molecule has 0 saturated heterocycles. The second-order valence-corrected chi connectivity index (χ2v) is 8.57. The van der Waals surface area contributed by atoms with E-state index in [4.69, 9.17) is 17.3 Å². The lowest BCUT2D eigenvalue weighted by Gasteiger charge is -2.56. The predicted octanol–water partition coefficient (Wildman–Crippen LogP) is 3.26. The van der Waals surface area contributed by atoms with Crippen molar-refractivity contribution in [1.29, 1.82) is 0 Å². The van der Waals surface area contributed by atoms with E-state index in [2.05, 4.69) is 27.6 Å². The zero-order chi connectivity index (χ0) is 14.7. The summed E-state index contributed by atoms with van der Waals surface area (Å²) in [6.45, 7) is 0. The Morgan fingerprint density at radius 1 is 1.14 bits per heavy atom. The maximum atomic E-state index is 5.36. The molecule has 5 aliphatic carbocycles. The molecule has 0 amide bonds. The van der Waals surface area contributed by atoms with E-state index in [1.54, 1.807) is 0 Å². The van der Waals surface area contributed by atoms with Crippen molar-refractivity contribution in [1.82, 2.24) is 15.1 Å². The van der Waals surface area contributed by atoms with E-state index in [1.807, 2.05) is 0 Å². The van der Waals surface area contributed by atoms with Crippen molar-refractivity contribution in [2.45, 2.75) is 62.9 Å². The average molecular weight is 316 g/mol. The van der Waals surface area contributed by atoms with Gasteiger partial charge in [-0.25, -0.2) is 0 Å². The molecule has 0 aromatic carbocycles. The Labute approximate surface area is 137 Å². The molecule has 4 bridgehead atoms. The molecule has 5 saturated carbocycles. The third kappa shape index (κ3) is 2.25. The number of hydrogen-bond donors (Lipinski definition) is 2. The first-order chi connectivity index (χ1) is 10.7. The van der Waals surface area contributed by atoms with Gasteiger partial charge in [-0.15, -0.1) is 0 Å². The second-order valence-electron chi connectivity index (χ2n) is 8.16. The van der Waals surface area contributed by atoms with Crippen molar-refractivity contribution in [3.8, 4) is 0 Å². The topological polar surface area (TPSA) is 41.9 Å². The number of aromatic nitrogens is 2. The molecule has 5 fully saturated rings. The summed E-state index contributed by atoms with van der Waals surface area (Å²) in [4.78, 5) is 0. The fraction of sp³-hybridized carbons (Fsp3) is 0.765. The van der Waals surface area contributed by atoms with Gasteiger partial charge in [0.2, 0.25) is 0 Å². The number of thiocarbonyl (C=S) groups is 1. The van der Waals surface area contributed by atoms with Crippen LogP contribution in [0.5, 0.6) is 0 Å². The minimum Gasteiger partial charge on any atom is -0.360 e. The molecule has 4 nitrogen and oxygen atoms in total. The van der Waals surface area contributed by atoms with Crippen LogP contribution in [-0.4, -0.2) is 20.9 Å². The van der Waals surface area contributed by atoms with Crippen LogP contribution in [0.4, 0.5) is 5.82 Å². The largest absolute Gasteiger partial charge is 0.360 e. The monoisotopic (exact) mass is 316 g/mol. The van der Waals surface area contributed by atoms with E-state index in [0.717, 1.165) is 28.7 Å². The van der Waals surface area contributed by atoms with E-state index < -0.39 is 0 Å². The van der Waals surface area contributed by atoms with Gasteiger partial charge in [0.25, 0.3) is 0 Å². The molecule has 2 N–H and O–H groups in total. The highest BCUT2D eigenvalue weighted by molar-refractivity contribution is 7.80. The quantitative estimate of drug-likeness (QED) is 0.840. The first-order valence-corrected chi connectivity index (χ1v) is 9.23. The molecular formula is C17H24N4S. The number of anilines is 1. The molecule has 22 heavy (non-hydrogen) atoms. The molecule has 1 aromatic heterocycles. The maximum Gasteiger partial charge on any atom is 0.172 e. The van der Waals surface area contributed by atoms with E-state index >= 15 is 0 Å². The van der Waals surface area contributed by atoms with Crippen LogP contribution in [0.1, 0.15) is 51.4 Å². The van der Waals surface area contributed by atoms with Crippen LogP contribution >= 0.6 is 12.2 Å². The SMILES string of the molecule is S=C(Nc1ccn(C23CC4CC(CC(C4)C2)C3)n1)NC1CC1. The number of hydrogen-bond acceptors (Lipinski definition) is 2. The molecule has 1 heterocycles. The average Bonchev–Trinajstić information content (AvgIpc) is 3.12. The highest BCUT2D eigenvalue weighted by Gasteiger charge is 2.52. The third-order valence-electron chi connectivity index (χ3n) is 6.24. The molecule has 0 unspecified atom stereocenters. The van der Waals surface area contributed by atoms with Crippen LogP contribution < -0.4 is 10.6 Å². The Morgan fingerprint density at radius 2 is 1.77 bits per heavy atom. The molecule has 0 spiro atoms. The van der Waals surface area contributed by atoms with Crippen LogP contribution in [0.3, 0.4) is 0 Å². The lowest BCUT2D eigenvalue weighted by atomic mass is 9.53. The van der Waals surface area contributed by atoms with E-state index in [1.165, 1.54) is 51.4 Å². The Bertz CT molecular complexity index is 568. The molecule has 118 valence electrons. The molecule has 5 aliphatic rings. The lowest BCUT2D eigenvalue weighted by Crippen LogP contribution is -2.52. The lowest BCUT2D eigenvalue weighted by molar-refractivity contribution is -0.0492. The normalized spacial score (nSPS) is 39.0. The summed E-state index contributed by atoms with van der Waals surface area (Å²) in [7, 11) is 0. The van der Waals surface area contributed by atoms with Gasteiger partial charge >= 0.3 is 0 Å². The van der Waals surface area contributed by atoms with E-state index in [-0.39, 0.29) is 0 Å². The molecule has 1 aromatic rings. The van der Waals surface area contributed by atoms with E-state index in [9.17, 15) is 0 Å². The summed E-state index contributed by atoms with van der Waals surface area (Å²) in [6.07, 6.45) is 13.1. The number of nitrogens with zero attached hydrogens (tertiary/aromatic N) is 2. The standard InChI is InChI=1S/C17H24N4S/c22-16(18-14-1-2-14)19-15-3-4-21(20-15)17-8-11-5-12(9-17)7-13(6-11)10-17/h3-4,11-14H,1-2,5-10H2,(H2,18,19,20,22). The summed E-state index contributed by atoms with van der Waals surface area (Å²) in [5.41, 5.74) is 0.306. The van der Waals surface area contributed by atoms with Gasteiger partial charge in [0, 0.05) is 18.3 Å². The van der Waals surface area contributed by atoms with Gasteiger partial charge in [0.15, 0.2) is 10.9 Å². The molecule has 5 heteroatoms. The summed E-state index contributed by atoms with van der Waals surface area (Å²) >= 11 is 5.36. The van der Waals surface area contributed by atoms with Gasteiger partial charge in [-0.1, -0.05) is 0 Å². The highest BCUT2D eigenvalue weighted by atomic mass is 32.1. The number of rotatable bonds is 3. The molecular weight excluding hydrogens is 292 g/mol. The van der Waals surface area contributed by atoms with Gasteiger partial charge in [0.1, 0.15) is 0 Å². The van der Waals surface area contributed by atoms with Gasteiger partial charge < -0.3 is 10.6 Å². The first kappa shape index (κ1) is 13.3. The Kier molecular flexibility index (Phi) is 2.85. The first-order valence-electron chi connectivity index (χ1n) is 8.82. The van der Waals surface area contributed by atoms with Crippen molar-refractivity contribution in [2.75, 3.05) is 5.32 Å². The Morgan fingerprint density at radius 3 is 2.36 bits per heavy atom. The maximum absolute atomic E-state index is 5.36. The fourth-order valence-electron chi connectivity index (χ4n) is 5.57. The fourth-order valence-corrected chi connectivity index (χ4v) is 5.84. The molecule has 6 rings (SSSR count). The predicted molar refractivity (Wildman–Crippen MR) is 90.8 cm³/mol. The summed E-state index contributed by atoms with van der Waals surface area (Å²) in [5, 5.41) is 12.1. The smallest absolute Gasteiger partial charge is 0.172 e. The van der Waals surface area contributed by atoms with Crippen molar-refractivity contribution >= 4 is 23.1 Å². The zero-order valence-electron chi connectivity index (χ0n) is 12.9. The molecule has 0 atom stereocenters. The van der Waals surface area contributed by atoms with Gasteiger partial charge in [0.05, 0.1) is 5.54 Å². The summed E-state index contributed by atoms with van der Waals surface area (Å²) in [6, 6.07) is 2.67. The molecule has 0 aliphatic heterocycles. The minimum atomic E-state index is 0.306. The van der Waals surface area contributed by atoms with Crippen LogP contribution in [-0.2, 0) is 5.54 Å².